The zero-order valence-corrected chi connectivity index (χ0v) is 16.1. The van der Waals surface area contributed by atoms with Crippen molar-refractivity contribution in [3.05, 3.63) is 60.7 Å². The first-order valence-corrected chi connectivity index (χ1v) is 9.58. The van der Waals surface area contributed by atoms with E-state index >= 15 is 0 Å². The summed E-state index contributed by atoms with van der Waals surface area (Å²) < 4.78 is 5.57. The summed E-state index contributed by atoms with van der Waals surface area (Å²) in [5.41, 5.74) is -0.0756. The smallest absolute Gasteiger partial charge is 0.460 e. The van der Waals surface area contributed by atoms with Gasteiger partial charge in [-0.2, -0.15) is 0 Å². The van der Waals surface area contributed by atoms with Crippen LogP contribution in [0, 0.1) is 0 Å². The van der Waals surface area contributed by atoms with Crippen LogP contribution in [0.5, 0.6) is 0 Å². The van der Waals surface area contributed by atoms with E-state index in [1.165, 1.54) is 0 Å². The normalized spacial score (nSPS) is 10.6. The molecule has 0 aliphatic rings. The molecule has 0 amide bonds. The fourth-order valence-corrected chi connectivity index (χ4v) is 4.85. The highest BCUT2D eigenvalue weighted by molar-refractivity contribution is 8.01. The average molecular weight is 428 g/mol. The zero-order valence-electron chi connectivity index (χ0n) is 13.0. The summed E-state index contributed by atoms with van der Waals surface area (Å²) in [6.45, 7) is 4.65. The number of hydrogen-bond donors (Lipinski definition) is 0. The van der Waals surface area contributed by atoms with Crippen molar-refractivity contribution < 1.29 is 33.5 Å². The predicted octanol–water partition coefficient (Wildman–Crippen LogP) is 1.23. The largest absolute Gasteiger partial charge is 1.00 e. The Balaban J connectivity index is 0.00000242. The van der Waals surface area contributed by atoms with Crippen molar-refractivity contribution in [2.45, 2.75) is 19.8 Å². The molecule has 0 aliphatic carbocycles. The third-order valence-electron chi connectivity index (χ3n) is 3.63. The highest BCUT2D eigenvalue weighted by Gasteiger charge is 2.48. The van der Waals surface area contributed by atoms with Gasteiger partial charge in [0.05, 0.1) is 13.3 Å². The van der Waals surface area contributed by atoms with E-state index in [1.807, 2.05) is 67.3 Å². The molecule has 0 fully saturated rings. The molecule has 4 heteroatoms. The van der Waals surface area contributed by atoms with Gasteiger partial charge in [0.2, 0.25) is 0 Å². The third-order valence-corrected chi connectivity index (χ3v) is 7.16. The van der Waals surface area contributed by atoms with Gasteiger partial charge in [0.1, 0.15) is 10.6 Å². The molecule has 0 saturated heterocycles. The van der Waals surface area contributed by atoms with Crippen LogP contribution < -0.4 is 34.6 Å². The van der Waals surface area contributed by atoms with E-state index in [9.17, 15) is 4.79 Å². The molecule has 0 radical (unpaired) electrons. The van der Waals surface area contributed by atoms with Crippen molar-refractivity contribution in [3.63, 3.8) is 0 Å². The van der Waals surface area contributed by atoms with Crippen molar-refractivity contribution in [1.29, 1.82) is 0 Å². The molecule has 2 aromatic carbocycles. The lowest BCUT2D eigenvalue weighted by Crippen LogP contribution is -3.00. The van der Waals surface area contributed by atoms with Crippen molar-refractivity contribution in [1.82, 2.24) is 0 Å². The second-order valence-electron chi connectivity index (χ2n) is 5.15. The summed E-state index contributed by atoms with van der Waals surface area (Å²) in [5, 5.41) is 2.13. The summed E-state index contributed by atoms with van der Waals surface area (Å²) in [6, 6.07) is 20.0. The molecule has 22 heavy (non-hydrogen) atoms. The Morgan fingerprint density at radius 1 is 0.955 bits per heavy atom. The van der Waals surface area contributed by atoms with E-state index < -0.39 is 7.26 Å². The molecule has 0 saturated carbocycles. The minimum absolute atomic E-state index is 0. The highest BCUT2D eigenvalue weighted by Crippen LogP contribution is 2.54. The maximum absolute atomic E-state index is 12.8. The van der Waals surface area contributed by atoms with E-state index in [2.05, 4.69) is 6.92 Å². The highest BCUT2D eigenvalue weighted by atomic mass is 127. The van der Waals surface area contributed by atoms with Gasteiger partial charge in [0, 0.05) is 0 Å². The molecular weight excluding hydrogens is 406 g/mol. The van der Waals surface area contributed by atoms with Crippen molar-refractivity contribution in [3.8, 4) is 0 Å². The molecule has 0 heterocycles. The molecule has 118 valence electrons. The zero-order chi connectivity index (χ0) is 15.1. The minimum Gasteiger partial charge on any atom is -1.00 e. The molecule has 0 aliphatic heterocycles. The van der Waals surface area contributed by atoms with E-state index in [0.717, 1.165) is 23.5 Å². The molecular formula is C18H22IO2P. The van der Waals surface area contributed by atoms with Gasteiger partial charge >= 0.3 is 5.71 Å². The number of halogens is 1. The van der Waals surface area contributed by atoms with Crippen LogP contribution in [0.15, 0.2) is 60.7 Å². The Morgan fingerprint density at radius 2 is 1.41 bits per heavy atom. The van der Waals surface area contributed by atoms with Gasteiger partial charge in [0.25, 0.3) is 0 Å². The third kappa shape index (κ3) is 4.30. The van der Waals surface area contributed by atoms with Gasteiger partial charge < -0.3 is 28.7 Å². The van der Waals surface area contributed by atoms with E-state index in [1.54, 1.807) is 0 Å². The lowest BCUT2D eigenvalue weighted by Gasteiger charge is -2.19. The molecule has 0 bridgehead atoms. The Bertz CT molecular complexity index is 533. The number of unbranched alkanes of at least 4 members (excludes halogenated alkanes) is 1. The molecule has 2 nitrogen and oxygen atoms in total. The summed E-state index contributed by atoms with van der Waals surface area (Å²) >= 11 is 0. The average Bonchev–Trinajstić information content (AvgIpc) is 2.56. The molecule has 2 aromatic rings. The first-order chi connectivity index (χ1) is 10.2. The number of ether oxygens (including phenoxy) is 1. The first-order valence-electron chi connectivity index (χ1n) is 7.34. The van der Waals surface area contributed by atoms with Crippen LogP contribution in [-0.2, 0) is 4.74 Å². The van der Waals surface area contributed by atoms with Crippen LogP contribution in [-0.4, -0.2) is 19.0 Å². The van der Waals surface area contributed by atoms with E-state index in [-0.39, 0.29) is 29.7 Å². The van der Waals surface area contributed by atoms with Gasteiger partial charge in [-0.1, -0.05) is 49.7 Å². The topological polar surface area (TPSA) is 26.3 Å². The van der Waals surface area contributed by atoms with Gasteiger partial charge in [-0.05, 0) is 30.7 Å². The van der Waals surface area contributed by atoms with Crippen LogP contribution in [0.3, 0.4) is 0 Å². The number of benzene rings is 2. The molecule has 0 spiro atoms. The standard InChI is InChI=1S/C18H22O2P.HI/c1-3-4-15-20-18(19)21(2,16-11-7-5-8-12-16)17-13-9-6-10-14-17;/h5-14H,3-4,15H2,1-2H3;1H/q+1;/p-1. The quantitative estimate of drug-likeness (QED) is 0.393. The molecule has 2 rings (SSSR count). The molecule has 0 unspecified atom stereocenters. The molecule has 0 N–H and O–H groups in total. The van der Waals surface area contributed by atoms with Gasteiger partial charge in [0.15, 0.2) is 7.26 Å². The van der Waals surface area contributed by atoms with Crippen molar-refractivity contribution >= 4 is 23.6 Å². The van der Waals surface area contributed by atoms with Gasteiger partial charge in [-0.3, -0.25) is 0 Å². The van der Waals surface area contributed by atoms with E-state index in [0.29, 0.717) is 6.61 Å². The van der Waals surface area contributed by atoms with Crippen molar-refractivity contribution in [2.24, 2.45) is 0 Å². The second kappa shape index (κ2) is 9.26. The summed E-state index contributed by atoms with van der Waals surface area (Å²) in [7, 11) is -2.17. The fourth-order valence-electron chi connectivity index (χ4n) is 2.25. The minimum atomic E-state index is -2.17. The number of carbonyl (C=O) groups is 1. The number of rotatable bonds is 6. The maximum Gasteiger partial charge on any atom is 0.460 e. The first kappa shape index (κ1) is 19.1. The van der Waals surface area contributed by atoms with Crippen LogP contribution in [0.2, 0.25) is 0 Å². The van der Waals surface area contributed by atoms with Crippen LogP contribution in [0.4, 0.5) is 4.79 Å². The van der Waals surface area contributed by atoms with Crippen molar-refractivity contribution in [2.75, 3.05) is 13.3 Å². The lowest BCUT2D eigenvalue weighted by atomic mass is 10.4. The monoisotopic (exact) mass is 428 g/mol. The lowest BCUT2D eigenvalue weighted by molar-refractivity contribution is -0.00000900. The summed E-state index contributed by atoms with van der Waals surface area (Å²) in [5.74, 6) is 0. The van der Waals surface area contributed by atoms with E-state index in [4.69, 9.17) is 4.74 Å². The molecule has 0 aromatic heterocycles. The van der Waals surface area contributed by atoms with Gasteiger partial charge in [-0.15, -0.1) is 0 Å². The second-order valence-corrected chi connectivity index (χ2v) is 8.56. The summed E-state index contributed by atoms with van der Waals surface area (Å²) in [6.07, 6.45) is 1.94. The predicted molar refractivity (Wildman–Crippen MR) is 91.3 cm³/mol. The molecule has 0 atom stereocenters. The van der Waals surface area contributed by atoms with Crippen LogP contribution in [0.1, 0.15) is 19.8 Å². The number of carbonyl (C=O) groups excluding carboxylic acids is 1. The van der Waals surface area contributed by atoms with Crippen LogP contribution in [0.25, 0.3) is 0 Å². The number of hydrogen-bond acceptors (Lipinski definition) is 2. The Hall–Kier alpha value is -0.930. The van der Waals surface area contributed by atoms with Crippen LogP contribution >= 0.6 is 7.26 Å². The fraction of sp³-hybridized carbons (Fsp3) is 0.278. The Morgan fingerprint density at radius 3 is 1.82 bits per heavy atom. The Kier molecular flexibility index (Phi) is 8.05. The van der Waals surface area contributed by atoms with Gasteiger partial charge in [-0.25, -0.2) is 4.79 Å². The SMILES string of the molecule is CCCCOC(=O)[P+](C)(c1ccccc1)c1ccccc1.[I-]. The summed E-state index contributed by atoms with van der Waals surface area (Å²) in [4.78, 5) is 12.8. The maximum atomic E-state index is 12.8. The Labute approximate surface area is 150 Å².